The van der Waals surface area contributed by atoms with Crippen molar-refractivity contribution in [1.29, 1.82) is 0 Å². The summed E-state index contributed by atoms with van der Waals surface area (Å²) in [5, 5.41) is 15.5. The van der Waals surface area contributed by atoms with Crippen LogP contribution in [0.2, 0.25) is 0 Å². The van der Waals surface area contributed by atoms with Crippen molar-refractivity contribution in [2.45, 2.75) is 36.1 Å². The van der Waals surface area contributed by atoms with E-state index in [9.17, 15) is 13.2 Å². The Balaban J connectivity index is 1.68. The van der Waals surface area contributed by atoms with Gasteiger partial charge in [-0.25, -0.2) is 13.6 Å². The zero-order chi connectivity index (χ0) is 21.2. The lowest BCUT2D eigenvalue weighted by Gasteiger charge is -2.10. The number of primary sulfonamides is 1. The van der Waals surface area contributed by atoms with Gasteiger partial charge in [-0.1, -0.05) is 35.0 Å². The third-order valence-electron chi connectivity index (χ3n) is 3.95. The monoisotopic (exact) mass is 432 g/mol. The Labute approximate surface area is 173 Å². The molecule has 0 aliphatic carbocycles. The van der Waals surface area contributed by atoms with E-state index in [0.29, 0.717) is 11.6 Å². The van der Waals surface area contributed by atoms with Gasteiger partial charge in [-0.05, 0) is 51.1 Å². The number of aromatic nitrogens is 2. The minimum atomic E-state index is -3.85. The van der Waals surface area contributed by atoms with Crippen LogP contribution in [0.1, 0.15) is 18.1 Å². The van der Waals surface area contributed by atoms with Gasteiger partial charge in [0.05, 0.1) is 10.1 Å². The summed E-state index contributed by atoms with van der Waals surface area (Å²) < 4.78 is 28.6. The lowest BCUT2D eigenvalue weighted by molar-refractivity contribution is -0.115. The lowest BCUT2D eigenvalue weighted by Crippen LogP contribution is -2.22. The normalized spacial score (nSPS) is 12.6. The Hall–Kier alpha value is -2.69. The molecule has 0 saturated heterocycles. The fourth-order valence-corrected chi connectivity index (χ4v) is 3.91. The van der Waals surface area contributed by atoms with E-state index in [1.165, 1.54) is 18.2 Å². The second kappa shape index (κ2) is 8.36. The number of amides is 1. The van der Waals surface area contributed by atoms with Gasteiger partial charge in [0.2, 0.25) is 21.8 Å². The largest absolute Gasteiger partial charge is 0.411 e. The number of carbonyl (C=O) groups is 1. The first kappa shape index (κ1) is 21.0. The number of aryl methyl sites for hydroxylation is 2. The van der Waals surface area contributed by atoms with Crippen molar-refractivity contribution in [3.8, 4) is 11.5 Å². The fourth-order valence-electron chi connectivity index (χ4n) is 2.67. The predicted molar refractivity (Wildman–Crippen MR) is 111 cm³/mol. The Morgan fingerprint density at radius 1 is 1.14 bits per heavy atom. The van der Waals surface area contributed by atoms with E-state index < -0.39 is 15.3 Å². The van der Waals surface area contributed by atoms with E-state index in [2.05, 4.69) is 15.5 Å². The molecular weight excluding hydrogens is 412 g/mol. The zero-order valence-electron chi connectivity index (χ0n) is 16.0. The summed E-state index contributed by atoms with van der Waals surface area (Å²) in [4.78, 5) is 12.4. The first-order valence-electron chi connectivity index (χ1n) is 8.64. The SMILES string of the molecule is Cc1cc(C)cc(-c2nnc(SC(C)C(=O)Nc3cccc(S(N)(=O)=O)c3)o2)c1. The number of nitrogens with two attached hydrogens (primary N) is 1. The molecule has 0 spiro atoms. The fraction of sp³-hybridized carbons (Fsp3) is 0.211. The van der Waals surface area contributed by atoms with Gasteiger partial charge in [0, 0.05) is 11.3 Å². The smallest absolute Gasteiger partial charge is 0.277 e. The van der Waals surface area contributed by atoms with E-state index >= 15 is 0 Å². The molecule has 0 aliphatic heterocycles. The number of thioether (sulfide) groups is 1. The third-order valence-corrected chi connectivity index (χ3v) is 5.80. The number of carbonyl (C=O) groups excluding carboxylic acids is 1. The van der Waals surface area contributed by atoms with Crippen molar-refractivity contribution in [2.24, 2.45) is 5.14 Å². The second-order valence-electron chi connectivity index (χ2n) is 6.57. The van der Waals surface area contributed by atoms with Crippen molar-refractivity contribution in [1.82, 2.24) is 10.2 Å². The van der Waals surface area contributed by atoms with Gasteiger partial charge in [-0.2, -0.15) is 0 Å². The minimum absolute atomic E-state index is 0.0782. The summed E-state index contributed by atoms with van der Waals surface area (Å²) in [6.07, 6.45) is 0. The third kappa shape index (κ3) is 5.43. The van der Waals surface area contributed by atoms with Crippen LogP contribution in [-0.2, 0) is 14.8 Å². The molecule has 0 bridgehead atoms. The molecule has 1 aromatic heterocycles. The number of nitrogens with zero attached hydrogens (tertiary/aromatic N) is 2. The van der Waals surface area contributed by atoms with Gasteiger partial charge in [0.1, 0.15) is 0 Å². The van der Waals surface area contributed by atoms with Gasteiger partial charge < -0.3 is 9.73 Å². The van der Waals surface area contributed by atoms with Crippen LogP contribution in [0.4, 0.5) is 5.69 Å². The van der Waals surface area contributed by atoms with Crippen LogP contribution in [-0.4, -0.2) is 29.8 Å². The topological polar surface area (TPSA) is 128 Å². The van der Waals surface area contributed by atoms with E-state index in [0.717, 1.165) is 28.5 Å². The Morgan fingerprint density at radius 3 is 2.48 bits per heavy atom. The van der Waals surface area contributed by atoms with Crippen molar-refractivity contribution < 1.29 is 17.6 Å². The predicted octanol–water partition coefficient (Wildman–Crippen LogP) is 3.12. The minimum Gasteiger partial charge on any atom is -0.411 e. The second-order valence-corrected chi connectivity index (χ2v) is 9.43. The van der Waals surface area contributed by atoms with Gasteiger partial charge >= 0.3 is 0 Å². The molecule has 1 unspecified atom stereocenters. The highest BCUT2D eigenvalue weighted by Gasteiger charge is 2.20. The van der Waals surface area contributed by atoms with Gasteiger partial charge in [-0.15, -0.1) is 10.2 Å². The molecule has 0 saturated carbocycles. The molecule has 3 aromatic rings. The molecule has 3 rings (SSSR count). The first-order chi connectivity index (χ1) is 13.6. The molecule has 152 valence electrons. The van der Waals surface area contributed by atoms with E-state index in [1.807, 2.05) is 32.0 Å². The highest BCUT2D eigenvalue weighted by molar-refractivity contribution is 8.00. The number of benzene rings is 2. The average molecular weight is 433 g/mol. The van der Waals surface area contributed by atoms with Crippen molar-refractivity contribution in [2.75, 3.05) is 5.32 Å². The van der Waals surface area contributed by atoms with Crippen LogP contribution in [0.15, 0.2) is 57.0 Å². The highest BCUT2D eigenvalue weighted by Crippen LogP contribution is 2.28. The number of anilines is 1. The summed E-state index contributed by atoms with van der Waals surface area (Å²) in [7, 11) is -3.85. The molecule has 1 atom stereocenters. The number of hydrogen-bond donors (Lipinski definition) is 2. The van der Waals surface area contributed by atoms with Crippen molar-refractivity contribution >= 4 is 33.4 Å². The van der Waals surface area contributed by atoms with E-state index in [1.54, 1.807) is 13.0 Å². The highest BCUT2D eigenvalue weighted by atomic mass is 32.2. The number of sulfonamides is 1. The Kier molecular flexibility index (Phi) is 6.06. The molecule has 0 fully saturated rings. The summed E-state index contributed by atoms with van der Waals surface area (Å²) in [5.74, 6) is 0.0421. The molecule has 29 heavy (non-hydrogen) atoms. The average Bonchev–Trinajstić information content (AvgIpc) is 3.09. The summed E-state index contributed by atoms with van der Waals surface area (Å²) >= 11 is 1.11. The zero-order valence-corrected chi connectivity index (χ0v) is 17.7. The molecular formula is C19H20N4O4S2. The number of rotatable bonds is 6. The molecule has 2 aromatic carbocycles. The lowest BCUT2D eigenvalue weighted by atomic mass is 10.1. The van der Waals surface area contributed by atoms with Crippen LogP contribution in [0, 0.1) is 13.8 Å². The molecule has 1 amide bonds. The van der Waals surface area contributed by atoms with Crippen LogP contribution in [0.3, 0.4) is 0 Å². The maximum absolute atomic E-state index is 12.4. The first-order valence-corrected chi connectivity index (χ1v) is 11.1. The Morgan fingerprint density at radius 2 is 1.83 bits per heavy atom. The van der Waals surface area contributed by atoms with Crippen LogP contribution >= 0.6 is 11.8 Å². The summed E-state index contributed by atoms with van der Waals surface area (Å²) in [5.41, 5.74) is 3.32. The maximum Gasteiger partial charge on any atom is 0.277 e. The van der Waals surface area contributed by atoms with Crippen molar-refractivity contribution in [3.63, 3.8) is 0 Å². The number of hydrogen-bond acceptors (Lipinski definition) is 7. The molecule has 10 heteroatoms. The molecule has 8 nitrogen and oxygen atoms in total. The van der Waals surface area contributed by atoms with Gasteiger partial charge in [-0.3, -0.25) is 4.79 Å². The molecule has 0 radical (unpaired) electrons. The standard InChI is InChI=1S/C19H20N4O4S2/c1-11-7-12(2)9-14(8-11)18-22-23-19(27-18)28-13(3)17(24)21-15-5-4-6-16(10-15)29(20,25)26/h4-10,13H,1-3H3,(H,21,24)(H2,20,25,26). The van der Waals surface area contributed by atoms with Crippen LogP contribution in [0.25, 0.3) is 11.5 Å². The van der Waals surface area contributed by atoms with Gasteiger partial charge in [0.25, 0.3) is 5.22 Å². The summed E-state index contributed by atoms with van der Waals surface area (Å²) in [6, 6.07) is 11.7. The summed E-state index contributed by atoms with van der Waals surface area (Å²) in [6.45, 7) is 5.66. The number of nitrogens with one attached hydrogen (secondary N) is 1. The maximum atomic E-state index is 12.4. The van der Waals surface area contributed by atoms with Crippen LogP contribution < -0.4 is 10.5 Å². The molecule has 0 aliphatic rings. The van der Waals surface area contributed by atoms with E-state index in [4.69, 9.17) is 9.56 Å². The molecule has 3 N–H and O–H groups in total. The Bertz CT molecular complexity index is 1140. The van der Waals surface area contributed by atoms with E-state index in [-0.39, 0.29) is 16.0 Å². The van der Waals surface area contributed by atoms with Crippen LogP contribution in [0.5, 0.6) is 0 Å². The quantitative estimate of drug-likeness (QED) is 0.573. The van der Waals surface area contributed by atoms with Gasteiger partial charge in [0.15, 0.2) is 0 Å². The van der Waals surface area contributed by atoms with Crippen molar-refractivity contribution in [3.05, 3.63) is 53.6 Å². The molecule has 1 heterocycles.